The van der Waals surface area contributed by atoms with Gasteiger partial charge in [-0.1, -0.05) is 23.2 Å². The molecule has 0 unspecified atom stereocenters. The van der Waals surface area contributed by atoms with E-state index in [2.05, 4.69) is 5.32 Å². The first kappa shape index (κ1) is 16.0. The Balaban J connectivity index is 2.90. The molecule has 1 aromatic rings. The average molecular weight is 322 g/mol. The quantitative estimate of drug-likeness (QED) is 0.680. The van der Waals surface area contributed by atoms with E-state index in [1.54, 1.807) is 20.8 Å². The maximum absolute atomic E-state index is 12.0. The highest BCUT2D eigenvalue weighted by atomic mass is 35.5. The third-order valence-corrected chi connectivity index (χ3v) is 3.95. The second kappa shape index (κ2) is 6.93. The third kappa shape index (κ3) is 4.23. The summed E-state index contributed by atoms with van der Waals surface area (Å²) in [6, 6.07) is 1.46. The minimum Gasteiger partial charge on any atom is -0.461 e. The first-order valence-corrected chi connectivity index (χ1v) is 7.04. The number of hydrogen-bond donors (Lipinski definition) is 1. The smallest absolute Gasteiger partial charge is 0.354 e. The molecule has 0 saturated carbocycles. The molecule has 0 aromatic carbocycles. The molecule has 0 fully saturated rings. The molecule has 0 bridgehead atoms. The Kier molecular flexibility index (Phi) is 5.85. The van der Waals surface area contributed by atoms with E-state index in [0.29, 0.717) is 19.8 Å². The Labute approximate surface area is 125 Å². The van der Waals surface area contributed by atoms with Crippen LogP contribution in [-0.2, 0) is 9.53 Å². The van der Waals surface area contributed by atoms with Crippen molar-refractivity contribution >= 4 is 46.4 Å². The molecular weight excluding hydrogens is 309 g/mol. The zero-order valence-electron chi connectivity index (χ0n) is 10.7. The normalized spacial score (nSPS) is 9.95. The van der Waals surface area contributed by atoms with Crippen LogP contribution in [-0.4, -0.2) is 18.5 Å². The Morgan fingerprint density at radius 3 is 2.42 bits per heavy atom. The molecule has 7 heteroatoms. The van der Waals surface area contributed by atoms with Crippen LogP contribution >= 0.6 is 34.5 Å². The van der Waals surface area contributed by atoms with Crippen LogP contribution in [0.25, 0.3) is 0 Å². The molecule has 0 radical (unpaired) electrons. The van der Waals surface area contributed by atoms with Gasteiger partial charge in [-0.25, -0.2) is 4.79 Å². The molecule has 1 amide bonds. The number of ether oxygens (including phenoxy) is 1. The molecule has 0 aliphatic rings. The van der Waals surface area contributed by atoms with Gasteiger partial charge in [0, 0.05) is 0 Å². The summed E-state index contributed by atoms with van der Waals surface area (Å²) < 4.78 is 5.21. The van der Waals surface area contributed by atoms with Gasteiger partial charge >= 0.3 is 5.97 Å². The molecule has 104 valence electrons. The Bertz CT molecular complexity index is 514. The molecule has 0 aliphatic carbocycles. The summed E-state index contributed by atoms with van der Waals surface area (Å²) in [5.74, 6) is -1.01. The lowest BCUT2D eigenvalue weighted by molar-refractivity contribution is -0.138. The van der Waals surface area contributed by atoms with Crippen LogP contribution < -0.4 is 5.32 Å². The molecule has 0 saturated heterocycles. The van der Waals surface area contributed by atoms with Gasteiger partial charge in [0.15, 0.2) is 0 Å². The molecule has 19 heavy (non-hydrogen) atoms. The first-order chi connectivity index (χ1) is 8.86. The number of allylic oxidation sites excluding steroid dienone is 1. The number of thiophene rings is 1. The Hall–Kier alpha value is -1.04. The number of esters is 1. The first-order valence-electron chi connectivity index (χ1n) is 5.47. The van der Waals surface area contributed by atoms with Crippen LogP contribution in [0.2, 0.25) is 9.36 Å². The van der Waals surface area contributed by atoms with Gasteiger partial charge in [-0.05, 0) is 32.4 Å². The lowest BCUT2D eigenvalue weighted by Gasteiger charge is -2.09. The van der Waals surface area contributed by atoms with E-state index in [1.165, 1.54) is 6.07 Å². The predicted octanol–water partition coefficient (Wildman–Crippen LogP) is 3.64. The van der Waals surface area contributed by atoms with Crippen molar-refractivity contribution in [3.05, 3.63) is 31.6 Å². The van der Waals surface area contributed by atoms with Crippen LogP contribution in [0.1, 0.15) is 30.4 Å². The number of amides is 1. The summed E-state index contributed by atoms with van der Waals surface area (Å²) in [7, 11) is 0. The Morgan fingerprint density at radius 1 is 1.37 bits per heavy atom. The maximum atomic E-state index is 12.0. The number of rotatable bonds is 4. The van der Waals surface area contributed by atoms with Crippen molar-refractivity contribution < 1.29 is 14.3 Å². The number of carbonyl (C=O) groups is 2. The van der Waals surface area contributed by atoms with Gasteiger partial charge in [-0.3, -0.25) is 4.79 Å². The summed E-state index contributed by atoms with van der Waals surface area (Å²) in [5.41, 5.74) is 0.785. The molecule has 4 nitrogen and oxygen atoms in total. The van der Waals surface area contributed by atoms with E-state index in [9.17, 15) is 9.59 Å². The average Bonchev–Trinajstić information content (AvgIpc) is 2.66. The van der Waals surface area contributed by atoms with E-state index >= 15 is 0 Å². The molecule has 1 aromatic heterocycles. The highest BCUT2D eigenvalue weighted by Gasteiger charge is 2.19. The number of halogens is 2. The number of hydrogen-bond acceptors (Lipinski definition) is 4. The fraction of sp³-hybridized carbons (Fsp3) is 0.333. The fourth-order valence-corrected chi connectivity index (χ4v) is 2.48. The van der Waals surface area contributed by atoms with Crippen molar-refractivity contribution in [2.24, 2.45) is 0 Å². The van der Waals surface area contributed by atoms with E-state index in [4.69, 9.17) is 27.9 Å². The van der Waals surface area contributed by atoms with Gasteiger partial charge < -0.3 is 10.1 Å². The third-order valence-electron chi connectivity index (χ3n) is 2.09. The largest absolute Gasteiger partial charge is 0.461 e. The summed E-state index contributed by atoms with van der Waals surface area (Å²) in [6.07, 6.45) is 0. The van der Waals surface area contributed by atoms with E-state index in [0.717, 1.165) is 11.3 Å². The van der Waals surface area contributed by atoms with Gasteiger partial charge in [-0.15, -0.1) is 11.3 Å². The number of nitrogens with one attached hydrogen (secondary N) is 1. The van der Waals surface area contributed by atoms with Gasteiger partial charge in [0.25, 0.3) is 5.91 Å². The van der Waals surface area contributed by atoms with Gasteiger partial charge in [-0.2, -0.15) is 0 Å². The maximum Gasteiger partial charge on any atom is 0.354 e. The lowest BCUT2D eigenvalue weighted by Crippen LogP contribution is -2.29. The second-order valence-electron chi connectivity index (χ2n) is 3.78. The van der Waals surface area contributed by atoms with Crippen molar-refractivity contribution in [2.45, 2.75) is 20.8 Å². The van der Waals surface area contributed by atoms with Gasteiger partial charge in [0.2, 0.25) is 0 Å². The standard InChI is InChI=1S/C12H13Cl2NO3S/c1-4-18-12(17)9(6(2)3)15-11(16)8-5-7(13)10(14)19-8/h5H,4H2,1-3H3,(H,15,16). The molecule has 1 rings (SSSR count). The minimum absolute atomic E-state index is 0.132. The predicted molar refractivity (Wildman–Crippen MR) is 76.8 cm³/mol. The van der Waals surface area contributed by atoms with E-state index in [-0.39, 0.29) is 12.3 Å². The zero-order valence-corrected chi connectivity index (χ0v) is 13.0. The zero-order chi connectivity index (χ0) is 14.6. The molecule has 0 atom stereocenters. The van der Waals surface area contributed by atoms with Crippen LogP contribution in [0.5, 0.6) is 0 Å². The summed E-state index contributed by atoms with van der Waals surface area (Å²) in [5, 5.41) is 2.83. The van der Waals surface area contributed by atoms with Gasteiger partial charge in [0.1, 0.15) is 10.0 Å². The molecular formula is C12H13Cl2NO3S. The SMILES string of the molecule is CCOC(=O)C(NC(=O)c1cc(Cl)c(Cl)s1)=C(C)C. The summed E-state index contributed by atoms with van der Waals surface area (Å²) >= 11 is 12.6. The lowest BCUT2D eigenvalue weighted by atomic mass is 10.2. The van der Waals surface area contributed by atoms with Crippen molar-refractivity contribution in [3.8, 4) is 0 Å². The molecule has 0 spiro atoms. The highest BCUT2D eigenvalue weighted by Crippen LogP contribution is 2.31. The van der Waals surface area contributed by atoms with Crippen molar-refractivity contribution in [3.63, 3.8) is 0 Å². The van der Waals surface area contributed by atoms with Crippen molar-refractivity contribution in [1.82, 2.24) is 5.32 Å². The van der Waals surface area contributed by atoms with Gasteiger partial charge in [0.05, 0.1) is 16.5 Å². The van der Waals surface area contributed by atoms with Crippen LogP contribution in [0.15, 0.2) is 17.3 Å². The fourth-order valence-electron chi connectivity index (χ4n) is 1.22. The highest BCUT2D eigenvalue weighted by molar-refractivity contribution is 7.18. The molecule has 1 N–H and O–H groups in total. The van der Waals surface area contributed by atoms with Crippen molar-refractivity contribution in [1.29, 1.82) is 0 Å². The summed E-state index contributed by atoms with van der Waals surface area (Å²) in [6.45, 7) is 5.35. The molecule has 0 aliphatic heterocycles. The van der Waals surface area contributed by atoms with Crippen molar-refractivity contribution in [2.75, 3.05) is 6.61 Å². The topological polar surface area (TPSA) is 55.4 Å². The molecule has 1 heterocycles. The van der Waals surface area contributed by atoms with E-state index in [1.807, 2.05) is 0 Å². The summed E-state index contributed by atoms with van der Waals surface area (Å²) in [4.78, 5) is 24.0. The minimum atomic E-state index is -0.565. The monoisotopic (exact) mass is 321 g/mol. The second-order valence-corrected chi connectivity index (χ2v) is 5.84. The van der Waals surface area contributed by atoms with Crippen LogP contribution in [0.3, 0.4) is 0 Å². The van der Waals surface area contributed by atoms with E-state index < -0.39 is 11.9 Å². The van der Waals surface area contributed by atoms with Crippen LogP contribution in [0, 0.1) is 0 Å². The van der Waals surface area contributed by atoms with Crippen LogP contribution in [0.4, 0.5) is 0 Å². The number of carbonyl (C=O) groups excluding carboxylic acids is 2. The Morgan fingerprint density at radius 2 is 2.00 bits per heavy atom.